The molecule has 0 radical (unpaired) electrons. The van der Waals surface area contributed by atoms with Gasteiger partial charge in [-0.15, -0.1) is 0 Å². The second-order valence-corrected chi connectivity index (χ2v) is 19.1. The average molecular weight is 994 g/mol. The molecule has 4 N–H and O–H groups in total. The Balaban J connectivity index is 0.000000194. The molecule has 0 atom stereocenters. The van der Waals surface area contributed by atoms with Gasteiger partial charge in [0, 0.05) is 113 Å². The van der Waals surface area contributed by atoms with E-state index in [1.54, 1.807) is 58.2 Å². The van der Waals surface area contributed by atoms with Crippen molar-refractivity contribution in [2.45, 2.75) is 63.6 Å². The van der Waals surface area contributed by atoms with Crippen LogP contribution in [0.25, 0.3) is 11.4 Å². The number of aromatic nitrogens is 4. The van der Waals surface area contributed by atoms with E-state index in [9.17, 15) is 14.4 Å². The van der Waals surface area contributed by atoms with E-state index < -0.39 is 0 Å². The average Bonchev–Trinajstić information content (AvgIpc) is 3.42. The van der Waals surface area contributed by atoms with Crippen LogP contribution in [0.15, 0.2) is 144 Å². The largest absolute Gasteiger partial charge is 0.492 e. The van der Waals surface area contributed by atoms with Gasteiger partial charge >= 0.3 is 0 Å². The van der Waals surface area contributed by atoms with Crippen LogP contribution in [-0.4, -0.2) is 150 Å². The molecule has 16 heteroatoms. The molecule has 0 saturated carbocycles. The minimum absolute atomic E-state index is 0.0972. The number of piperidine rings is 3. The maximum absolute atomic E-state index is 13.2. The normalized spacial score (nSPS) is 15.8. The molecular weight excluding hydrogens is 919 g/mol. The van der Waals surface area contributed by atoms with Gasteiger partial charge in [0.2, 0.25) is 0 Å². The van der Waals surface area contributed by atoms with Gasteiger partial charge < -0.3 is 30.7 Å². The van der Waals surface area contributed by atoms with Crippen LogP contribution < -0.4 is 37.0 Å². The molecule has 6 aromatic rings. The summed E-state index contributed by atoms with van der Waals surface area (Å²) in [6.07, 6.45) is 15.3. The SMILES string of the molecule is CN(C)CCN.O=Cc1ccc(-n2ccnc(NC3CCN(CCOc4ccccc4)CC3)c2=O)cc1.O=c1c(NC2CCN(CCOc3ccccc3)CC2)nccn1-c1ccc(CN2CCCCC2)cc1. The summed E-state index contributed by atoms with van der Waals surface area (Å²) in [7, 11) is 4.01. The highest BCUT2D eigenvalue weighted by atomic mass is 16.5. The van der Waals surface area contributed by atoms with Gasteiger partial charge in [0.1, 0.15) is 31.0 Å². The molecule has 3 saturated heterocycles. The predicted octanol–water partition coefficient (Wildman–Crippen LogP) is 6.68. The van der Waals surface area contributed by atoms with Crippen LogP contribution in [0.5, 0.6) is 11.5 Å². The van der Waals surface area contributed by atoms with E-state index in [2.05, 4.69) is 52.3 Å². The first-order valence-electron chi connectivity index (χ1n) is 26.0. The maximum atomic E-state index is 13.2. The lowest BCUT2D eigenvalue weighted by molar-refractivity contribution is 0.112. The zero-order chi connectivity index (χ0) is 51.0. The van der Waals surface area contributed by atoms with E-state index in [1.165, 1.54) is 37.9 Å². The fourth-order valence-corrected chi connectivity index (χ4v) is 9.14. The minimum atomic E-state index is -0.194. The standard InChI is InChI=1S/C29H37N5O2.C24H26N4O3.C4H12N2/c35-29-28(31-25-13-18-32(19-14-25)21-22-36-27-7-3-1-4-8-27)30-15-20-34(29)26-11-9-24(10-12-26)23-33-16-5-2-6-17-33;29-18-19-6-8-21(9-7-19)28-15-12-25-23(24(28)30)26-20-10-13-27(14-11-20)16-17-31-22-4-2-1-3-5-22;1-6(2)4-3-5/h1,3-4,7-12,15,20,25H,2,5-6,13-14,16-19,21-23H2,(H,30,31);1-9,12,15,18,20H,10-11,13-14,16-17H2,(H,25,26);3-5H2,1-2H3. The summed E-state index contributed by atoms with van der Waals surface area (Å²) >= 11 is 0. The summed E-state index contributed by atoms with van der Waals surface area (Å²) < 4.78 is 14.9. The van der Waals surface area contributed by atoms with Crippen molar-refractivity contribution >= 4 is 17.9 Å². The summed E-state index contributed by atoms with van der Waals surface area (Å²) in [6, 6.07) is 35.5. The number of carbonyl (C=O) groups is 1. The van der Waals surface area contributed by atoms with Crippen LogP contribution in [0.3, 0.4) is 0 Å². The van der Waals surface area contributed by atoms with Crippen molar-refractivity contribution in [1.29, 1.82) is 0 Å². The van der Waals surface area contributed by atoms with Crippen molar-refractivity contribution in [3.8, 4) is 22.9 Å². The van der Waals surface area contributed by atoms with Gasteiger partial charge in [0.15, 0.2) is 11.6 Å². The zero-order valence-corrected chi connectivity index (χ0v) is 42.8. The fraction of sp³-hybridized carbons (Fsp3) is 0.421. The van der Waals surface area contributed by atoms with E-state index in [4.69, 9.17) is 15.2 Å². The van der Waals surface area contributed by atoms with Crippen molar-refractivity contribution in [3.05, 3.63) is 166 Å². The number of nitrogens with zero attached hydrogens (tertiary/aromatic N) is 8. The van der Waals surface area contributed by atoms with Crippen LogP contribution in [0, 0.1) is 0 Å². The van der Waals surface area contributed by atoms with E-state index in [-0.39, 0.29) is 23.2 Å². The number of likely N-dealkylation sites (tertiary alicyclic amines) is 3. The minimum Gasteiger partial charge on any atom is -0.492 e. The van der Waals surface area contributed by atoms with Crippen molar-refractivity contribution in [2.75, 3.05) is 103 Å². The molecular formula is C57H75N11O5. The molecule has 0 spiro atoms. The summed E-state index contributed by atoms with van der Waals surface area (Å²) in [6.45, 7) is 12.1. The number of hydrogen-bond donors (Lipinski definition) is 3. The van der Waals surface area contributed by atoms with Gasteiger partial charge in [0.05, 0.1) is 0 Å². The Morgan fingerprint density at radius 2 is 1.05 bits per heavy atom. The third kappa shape index (κ3) is 17.5. The van der Waals surface area contributed by atoms with Gasteiger partial charge in [-0.2, -0.15) is 0 Å². The van der Waals surface area contributed by atoms with Crippen LogP contribution in [0.2, 0.25) is 0 Å². The maximum Gasteiger partial charge on any atom is 0.297 e. The number of likely N-dealkylation sites (N-methyl/N-ethyl adjacent to an activating group) is 1. The predicted molar refractivity (Wildman–Crippen MR) is 292 cm³/mol. The number of carbonyl (C=O) groups excluding carboxylic acids is 1. The third-order valence-electron chi connectivity index (χ3n) is 13.3. The summed E-state index contributed by atoms with van der Waals surface area (Å²) in [5.74, 6) is 2.59. The topological polar surface area (TPSA) is 168 Å². The number of anilines is 2. The van der Waals surface area contributed by atoms with Gasteiger partial charge in [-0.3, -0.25) is 38.2 Å². The van der Waals surface area contributed by atoms with Crippen molar-refractivity contribution in [3.63, 3.8) is 0 Å². The van der Waals surface area contributed by atoms with Gasteiger partial charge in [-0.1, -0.05) is 55.0 Å². The van der Waals surface area contributed by atoms with E-state index >= 15 is 0 Å². The molecule has 2 aromatic heterocycles. The number of aldehydes is 1. The second kappa shape index (κ2) is 29.1. The zero-order valence-electron chi connectivity index (χ0n) is 42.8. The molecule has 0 bridgehead atoms. The second-order valence-electron chi connectivity index (χ2n) is 19.1. The van der Waals surface area contributed by atoms with E-state index in [1.807, 2.05) is 86.9 Å². The summed E-state index contributed by atoms with van der Waals surface area (Å²) in [4.78, 5) is 54.9. The molecule has 0 aliphatic carbocycles. The molecule has 5 heterocycles. The lowest BCUT2D eigenvalue weighted by Gasteiger charge is -2.32. The van der Waals surface area contributed by atoms with Crippen LogP contribution >= 0.6 is 0 Å². The number of para-hydroxylation sites is 2. The molecule has 3 fully saturated rings. The number of rotatable bonds is 19. The number of nitrogens with two attached hydrogens (primary N) is 1. The first kappa shape index (κ1) is 54.1. The van der Waals surface area contributed by atoms with E-state index in [0.29, 0.717) is 36.1 Å². The fourth-order valence-electron chi connectivity index (χ4n) is 9.14. The number of nitrogens with one attached hydrogen (secondary N) is 2. The van der Waals surface area contributed by atoms with Crippen molar-refractivity contribution in [2.24, 2.45) is 5.73 Å². The highest BCUT2D eigenvalue weighted by molar-refractivity contribution is 5.75. The molecule has 0 amide bonds. The molecule has 4 aromatic carbocycles. The van der Waals surface area contributed by atoms with Crippen molar-refractivity contribution in [1.82, 2.24) is 38.7 Å². The number of benzene rings is 4. The Bertz CT molecular complexity index is 2630. The molecule has 73 heavy (non-hydrogen) atoms. The molecule has 9 rings (SSSR count). The lowest BCUT2D eigenvalue weighted by atomic mass is 10.1. The Labute approximate surface area is 430 Å². The monoisotopic (exact) mass is 994 g/mol. The highest BCUT2D eigenvalue weighted by Crippen LogP contribution is 2.19. The molecule has 16 nitrogen and oxygen atoms in total. The van der Waals surface area contributed by atoms with Crippen molar-refractivity contribution < 1.29 is 14.3 Å². The Hall–Kier alpha value is -6.69. The third-order valence-corrected chi connectivity index (χ3v) is 13.3. The van der Waals surface area contributed by atoms with Crippen LogP contribution in [0.4, 0.5) is 11.6 Å². The Kier molecular flexibility index (Phi) is 21.6. The summed E-state index contributed by atoms with van der Waals surface area (Å²) in [5.41, 5.74) is 8.34. The smallest absolute Gasteiger partial charge is 0.297 e. The highest BCUT2D eigenvalue weighted by Gasteiger charge is 2.22. The van der Waals surface area contributed by atoms with Gasteiger partial charge in [-0.25, -0.2) is 9.97 Å². The van der Waals surface area contributed by atoms with Gasteiger partial charge in [-0.05, 0) is 132 Å². The molecule has 3 aliphatic heterocycles. The van der Waals surface area contributed by atoms with Crippen LogP contribution in [-0.2, 0) is 6.54 Å². The Morgan fingerprint density at radius 1 is 0.603 bits per heavy atom. The number of hydrogen-bond acceptors (Lipinski definition) is 14. The first-order chi connectivity index (χ1) is 35.7. The summed E-state index contributed by atoms with van der Waals surface area (Å²) in [5, 5.41) is 6.74. The first-order valence-corrected chi connectivity index (χ1v) is 26.0. The van der Waals surface area contributed by atoms with E-state index in [0.717, 1.165) is 108 Å². The molecule has 388 valence electrons. The Morgan fingerprint density at radius 3 is 1.47 bits per heavy atom. The van der Waals surface area contributed by atoms with Crippen LogP contribution in [0.1, 0.15) is 60.9 Å². The number of ether oxygens (including phenoxy) is 2. The molecule has 3 aliphatic rings. The lowest BCUT2D eigenvalue weighted by Crippen LogP contribution is -2.41. The quantitative estimate of drug-likeness (QED) is 0.0736. The van der Waals surface area contributed by atoms with Gasteiger partial charge in [0.25, 0.3) is 11.1 Å². The molecule has 0 unspecified atom stereocenters.